The molecule has 0 bridgehead atoms. The fraction of sp³-hybridized carbons (Fsp3) is 0.692. The van der Waals surface area contributed by atoms with Crippen LogP contribution in [0.5, 0.6) is 0 Å². The average molecular weight is 1210 g/mol. The van der Waals surface area contributed by atoms with Gasteiger partial charge in [-0.05, 0) is 53.4 Å². The number of nitrogens with zero attached hydrogens (tertiary/aromatic N) is 4. The Hall–Kier alpha value is -7.84. The first-order valence-corrected chi connectivity index (χ1v) is 27.4. The smallest absolute Gasteiger partial charge is 0.333 e. The summed E-state index contributed by atoms with van der Waals surface area (Å²) in [5.41, 5.74) is 0. The van der Waals surface area contributed by atoms with Crippen molar-refractivity contribution < 1.29 is 134 Å². The molecule has 0 N–H and O–H groups in total. The van der Waals surface area contributed by atoms with Crippen LogP contribution < -0.4 is 0 Å². The number of carbonyl (C=O) groups is 16. The fourth-order valence-corrected chi connectivity index (χ4v) is 6.45. The largest absolute Gasteiger partial charge is 0.463 e. The van der Waals surface area contributed by atoms with E-state index in [1.54, 1.807) is 0 Å². The van der Waals surface area contributed by atoms with Crippen molar-refractivity contribution in [1.82, 2.24) is 20.3 Å². The molecule has 84 heavy (non-hydrogen) atoms. The van der Waals surface area contributed by atoms with Gasteiger partial charge < -0.3 is 57.2 Å². The minimum Gasteiger partial charge on any atom is -0.463 e. The van der Waals surface area contributed by atoms with E-state index >= 15 is 0 Å². The van der Waals surface area contributed by atoms with Crippen molar-refractivity contribution in [2.24, 2.45) is 0 Å². The summed E-state index contributed by atoms with van der Waals surface area (Å²) in [4.78, 5) is 199. The van der Waals surface area contributed by atoms with E-state index in [0.717, 1.165) is 0 Å². The number of hydrogen-bond donors (Lipinski definition) is 0. The quantitative estimate of drug-likeness (QED) is 0.0370. The van der Waals surface area contributed by atoms with E-state index in [1.807, 2.05) is 27.7 Å². The summed E-state index contributed by atoms with van der Waals surface area (Å²) in [7, 11) is 0. The van der Waals surface area contributed by atoms with Gasteiger partial charge in [-0.25, -0.2) is 19.2 Å². The summed E-state index contributed by atoms with van der Waals surface area (Å²) in [6, 6.07) is 0. The number of rotatable bonds is 36. The lowest BCUT2D eigenvalue weighted by Crippen LogP contribution is -2.32. The first-order valence-electron chi connectivity index (χ1n) is 27.4. The van der Waals surface area contributed by atoms with Crippen molar-refractivity contribution in [3.8, 4) is 0 Å². The van der Waals surface area contributed by atoms with Crippen molar-refractivity contribution in [2.45, 2.75) is 156 Å². The third-order valence-corrected chi connectivity index (χ3v) is 10.6. The van der Waals surface area contributed by atoms with E-state index in [2.05, 4.69) is 19.4 Å². The summed E-state index contributed by atoms with van der Waals surface area (Å²) in [6.45, 7) is 11.6. The van der Waals surface area contributed by atoms with Gasteiger partial charge >= 0.3 is 47.8 Å². The molecule has 0 aromatic carbocycles. The summed E-state index contributed by atoms with van der Waals surface area (Å²) in [5.74, 6) is -8.82. The zero-order chi connectivity index (χ0) is 62.7. The zero-order valence-electron chi connectivity index (χ0n) is 47.8. The number of imide groups is 4. The Kier molecular flexibility index (Phi) is 39.5. The van der Waals surface area contributed by atoms with Gasteiger partial charge in [0.2, 0.25) is 0 Å². The Bertz CT molecular complexity index is 1870. The highest BCUT2D eigenvalue weighted by atomic mass is 16.7. The Morgan fingerprint density at radius 3 is 0.571 bits per heavy atom. The highest BCUT2D eigenvalue weighted by Gasteiger charge is 2.35. The SMILES string of the molecule is CCOCCOC(=O)CCCC(=O)ON1C(=O)CCC1=O.CCOCCOC(=O)CCCC(=O)ON1C(=O)CCC1=O.CCOCCOC(=O)CCCC(=O)ON1C(=O)CCC1=O.CCOCCOC(=O)CCCC(=O)ON1C(=O)CCC1=O. The molecule has 0 spiro atoms. The zero-order valence-corrected chi connectivity index (χ0v) is 47.8. The minimum atomic E-state index is -0.722. The lowest BCUT2D eigenvalue weighted by atomic mass is 10.2. The standard InChI is InChI=1S/4C13H19NO7/c4*1-2-19-8-9-20-12(17)4-3-5-13(18)21-14-10(15)6-7-11(14)16/h4*2-9H2,1H3. The second kappa shape index (κ2) is 44.7. The predicted molar refractivity (Wildman–Crippen MR) is 274 cm³/mol. The molecule has 0 radical (unpaired) electrons. The molecule has 32 heteroatoms. The number of hydroxylamine groups is 8. The van der Waals surface area contributed by atoms with E-state index in [0.29, 0.717) is 73.1 Å². The number of carbonyl (C=O) groups excluding carboxylic acids is 16. The van der Waals surface area contributed by atoms with Crippen LogP contribution in [0.25, 0.3) is 0 Å². The molecule has 4 rings (SSSR count). The van der Waals surface area contributed by atoms with Gasteiger partial charge in [-0.1, -0.05) is 0 Å². The Morgan fingerprint density at radius 1 is 0.262 bits per heavy atom. The predicted octanol–water partition coefficient (Wildman–Crippen LogP) is 1.37. The first-order chi connectivity index (χ1) is 40.2. The number of amides is 8. The van der Waals surface area contributed by atoms with E-state index in [-0.39, 0.29) is 155 Å². The van der Waals surface area contributed by atoms with Crippen molar-refractivity contribution in [3.63, 3.8) is 0 Å². The van der Waals surface area contributed by atoms with Crippen LogP contribution in [0.4, 0.5) is 0 Å². The summed E-state index contributed by atoms with van der Waals surface area (Å²) >= 11 is 0. The molecule has 0 aromatic rings. The van der Waals surface area contributed by atoms with Gasteiger partial charge in [0.05, 0.1) is 26.4 Å². The average Bonchev–Trinajstić information content (AvgIpc) is 4.33. The van der Waals surface area contributed by atoms with E-state index < -0.39 is 95.0 Å². The van der Waals surface area contributed by atoms with Crippen LogP contribution in [0.1, 0.15) is 156 Å². The van der Waals surface area contributed by atoms with E-state index in [4.69, 9.17) is 37.9 Å². The molecule has 0 aliphatic carbocycles. The molecule has 0 aromatic heterocycles. The van der Waals surface area contributed by atoms with E-state index in [1.165, 1.54) is 0 Å². The molecular formula is C52H76N4O28. The van der Waals surface area contributed by atoms with Crippen LogP contribution in [0.3, 0.4) is 0 Å². The number of ether oxygens (including phenoxy) is 8. The molecule has 32 nitrogen and oxygen atoms in total. The molecule has 0 unspecified atom stereocenters. The third-order valence-electron chi connectivity index (χ3n) is 10.6. The van der Waals surface area contributed by atoms with Crippen LogP contribution in [0.2, 0.25) is 0 Å². The molecule has 4 aliphatic rings. The van der Waals surface area contributed by atoms with Crippen LogP contribution in [-0.2, 0) is 134 Å². The van der Waals surface area contributed by atoms with E-state index in [9.17, 15) is 76.7 Å². The molecule has 4 heterocycles. The van der Waals surface area contributed by atoms with Crippen molar-refractivity contribution in [3.05, 3.63) is 0 Å². The molecule has 472 valence electrons. The van der Waals surface area contributed by atoms with Crippen molar-refractivity contribution >= 4 is 95.0 Å². The van der Waals surface area contributed by atoms with Gasteiger partial charge in [0, 0.05) is 129 Å². The molecule has 4 saturated heterocycles. The molecule has 8 amide bonds. The maximum atomic E-state index is 11.4. The molecule has 4 aliphatic heterocycles. The first kappa shape index (κ1) is 74.2. The number of esters is 4. The minimum absolute atomic E-state index is 0.0538. The van der Waals surface area contributed by atoms with Crippen LogP contribution >= 0.6 is 0 Å². The third kappa shape index (κ3) is 33.9. The van der Waals surface area contributed by atoms with Crippen LogP contribution in [0, 0.1) is 0 Å². The van der Waals surface area contributed by atoms with Crippen molar-refractivity contribution in [2.75, 3.05) is 79.3 Å². The highest BCUT2D eigenvalue weighted by Crippen LogP contribution is 2.17. The maximum Gasteiger partial charge on any atom is 0.333 e. The lowest BCUT2D eigenvalue weighted by Gasteiger charge is -2.12. The van der Waals surface area contributed by atoms with Gasteiger partial charge in [-0.2, -0.15) is 0 Å². The normalized spacial score (nSPS) is 14.4. The Labute approximate surface area is 483 Å². The topological polar surface area (TPSA) is 397 Å². The summed E-state index contributed by atoms with van der Waals surface area (Å²) in [5, 5.41) is 1.96. The van der Waals surface area contributed by atoms with Crippen LogP contribution in [0.15, 0.2) is 0 Å². The number of hydrogen-bond acceptors (Lipinski definition) is 28. The van der Waals surface area contributed by atoms with Crippen molar-refractivity contribution in [1.29, 1.82) is 0 Å². The Balaban J connectivity index is 0.000000560. The van der Waals surface area contributed by atoms with Gasteiger partial charge in [0.15, 0.2) is 0 Å². The highest BCUT2D eigenvalue weighted by molar-refractivity contribution is 6.03. The monoisotopic (exact) mass is 1200 g/mol. The Morgan fingerprint density at radius 2 is 0.417 bits per heavy atom. The second-order valence-electron chi connectivity index (χ2n) is 17.3. The lowest BCUT2D eigenvalue weighted by molar-refractivity contribution is -0.197. The molecule has 0 saturated carbocycles. The molecular weight excluding hydrogens is 1130 g/mol. The second-order valence-corrected chi connectivity index (χ2v) is 17.3. The summed E-state index contributed by atoms with van der Waals surface area (Å²) < 4.78 is 39.4. The van der Waals surface area contributed by atoms with Gasteiger partial charge in [0.25, 0.3) is 47.3 Å². The van der Waals surface area contributed by atoms with Gasteiger partial charge in [-0.15, -0.1) is 20.3 Å². The summed E-state index contributed by atoms with van der Waals surface area (Å²) in [6.07, 6.45) is 1.28. The van der Waals surface area contributed by atoms with Gasteiger partial charge in [-0.3, -0.25) is 57.5 Å². The molecule has 0 atom stereocenters. The molecule has 4 fully saturated rings. The van der Waals surface area contributed by atoms with Crippen LogP contribution in [-0.4, -0.2) is 195 Å². The maximum absolute atomic E-state index is 11.4. The van der Waals surface area contributed by atoms with Gasteiger partial charge in [0.1, 0.15) is 26.4 Å². The fourth-order valence-electron chi connectivity index (χ4n) is 6.45.